The predicted octanol–water partition coefficient (Wildman–Crippen LogP) is 4.43. The third-order valence-corrected chi connectivity index (χ3v) is 4.65. The van der Waals surface area contributed by atoms with E-state index in [0.29, 0.717) is 5.92 Å². The molecular weight excluding hydrogens is 266 g/mol. The Labute approximate surface area is 123 Å². The fourth-order valence-corrected chi connectivity index (χ4v) is 3.11. The number of para-hydroxylation sites is 1. The summed E-state index contributed by atoms with van der Waals surface area (Å²) in [7, 11) is 0. The molecule has 1 saturated carbocycles. The van der Waals surface area contributed by atoms with Crippen molar-refractivity contribution in [3.8, 4) is 0 Å². The molecule has 3 heteroatoms. The van der Waals surface area contributed by atoms with Gasteiger partial charge >= 0.3 is 0 Å². The molecule has 102 valence electrons. The number of hydrogen-bond acceptors (Lipinski definition) is 2. The van der Waals surface area contributed by atoms with Crippen LogP contribution in [-0.4, -0.2) is 5.91 Å². The van der Waals surface area contributed by atoms with Gasteiger partial charge in [-0.25, -0.2) is 0 Å². The van der Waals surface area contributed by atoms with Gasteiger partial charge in [0.1, 0.15) is 0 Å². The van der Waals surface area contributed by atoms with Gasteiger partial charge in [0.25, 0.3) is 0 Å². The van der Waals surface area contributed by atoms with E-state index in [4.69, 9.17) is 0 Å². The second kappa shape index (κ2) is 5.71. The number of nitrogens with one attached hydrogen (secondary N) is 1. The zero-order valence-electron chi connectivity index (χ0n) is 11.4. The average molecular weight is 283 g/mol. The maximum Gasteiger partial charge on any atom is 0.227 e. The normalized spacial score (nSPS) is 20.4. The highest BCUT2D eigenvalue weighted by molar-refractivity contribution is 7.99. The van der Waals surface area contributed by atoms with Crippen LogP contribution in [0.1, 0.15) is 13.3 Å². The van der Waals surface area contributed by atoms with Crippen LogP contribution in [0, 0.1) is 11.8 Å². The van der Waals surface area contributed by atoms with Crippen LogP contribution in [0.4, 0.5) is 5.69 Å². The van der Waals surface area contributed by atoms with Crippen molar-refractivity contribution < 1.29 is 4.79 Å². The fourth-order valence-electron chi connectivity index (χ4n) is 2.19. The minimum absolute atomic E-state index is 0.151. The summed E-state index contributed by atoms with van der Waals surface area (Å²) < 4.78 is 0. The van der Waals surface area contributed by atoms with E-state index in [9.17, 15) is 4.79 Å². The lowest BCUT2D eigenvalue weighted by molar-refractivity contribution is -0.117. The first-order valence-corrected chi connectivity index (χ1v) is 7.68. The molecular formula is C17H17NOS. The van der Waals surface area contributed by atoms with Gasteiger partial charge in [-0.05, 0) is 36.6 Å². The van der Waals surface area contributed by atoms with Gasteiger partial charge in [-0.15, -0.1) is 0 Å². The van der Waals surface area contributed by atoms with E-state index in [1.807, 2.05) is 42.5 Å². The highest BCUT2D eigenvalue weighted by Crippen LogP contribution is 2.39. The SMILES string of the molecule is C[C@@H]1C[C@@H]1C(=O)Nc1ccccc1Sc1ccccc1. The molecule has 0 spiro atoms. The first kappa shape index (κ1) is 13.3. The third-order valence-electron chi connectivity index (χ3n) is 3.56. The lowest BCUT2D eigenvalue weighted by atomic mass is 10.3. The Hall–Kier alpha value is -1.74. The average Bonchev–Trinajstić information content (AvgIpc) is 3.19. The van der Waals surface area contributed by atoms with Gasteiger partial charge in [0.15, 0.2) is 0 Å². The van der Waals surface area contributed by atoms with E-state index in [1.165, 1.54) is 4.90 Å². The van der Waals surface area contributed by atoms with Crippen LogP contribution in [-0.2, 0) is 4.79 Å². The van der Waals surface area contributed by atoms with Crippen LogP contribution >= 0.6 is 11.8 Å². The van der Waals surface area contributed by atoms with Crippen molar-refractivity contribution in [3.63, 3.8) is 0 Å². The van der Waals surface area contributed by atoms with E-state index in [0.717, 1.165) is 17.0 Å². The number of carbonyl (C=O) groups is 1. The quantitative estimate of drug-likeness (QED) is 0.899. The molecule has 20 heavy (non-hydrogen) atoms. The Bertz CT molecular complexity index is 611. The van der Waals surface area contributed by atoms with Gasteiger partial charge in [0.05, 0.1) is 5.69 Å². The van der Waals surface area contributed by atoms with Crippen molar-refractivity contribution in [3.05, 3.63) is 54.6 Å². The topological polar surface area (TPSA) is 29.1 Å². The monoisotopic (exact) mass is 283 g/mol. The molecule has 2 nitrogen and oxygen atoms in total. The Morgan fingerprint density at radius 1 is 1.10 bits per heavy atom. The molecule has 1 aliphatic rings. The van der Waals surface area contributed by atoms with Crippen molar-refractivity contribution in [2.45, 2.75) is 23.1 Å². The molecule has 1 fully saturated rings. The van der Waals surface area contributed by atoms with Gasteiger partial charge in [-0.2, -0.15) is 0 Å². The maximum atomic E-state index is 12.1. The molecule has 0 radical (unpaired) electrons. The van der Waals surface area contributed by atoms with Crippen LogP contribution in [0.15, 0.2) is 64.4 Å². The van der Waals surface area contributed by atoms with Crippen LogP contribution < -0.4 is 5.32 Å². The number of amides is 1. The first-order valence-electron chi connectivity index (χ1n) is 6.87. The number of rotatable bonds is 4. The molecule has 0 aromatic heterocycles. The lowest BCUT2D eigenvalue weighted by Gasteiger charge is -2.10. The first-order chi connectivity index (χ1) is 9.74. The Morgan fingerprint density at radius 2 is 1.75 bits per heavy atom. The largest absolute Gasteiger partial charge is 0.325 e. The van der Waals surface area contributed by atoms with Crippen LogP contribution in [0.25, 0.3) is 0 Å². The van der Waals surface area contributed by atoms with E-state index in [1.54, 1.807) is 11.8 Å². The number of hydrogen-bond donors (Lipinski definition) is 1. The van der Waals surface area contributed by atoms with E-state index < -0.39 is 0 Å². The number of carbonyl (C=O) groups excluding carboxylic acids is 1. The lowest BCUT2D eigenvalue weighted by Crippen LogP contribution is -2.14. The molecule has 0 aliphatic heterocycles. The van der Waals surface area contributed by atoms with E-state index >= 15 is 0 Å². The molecule has 3 rings (SSSR count). The van der Waals surface area contributed by atoms with Crippen molar-refractivity contribution in [1.29, 1.82) is 0 Å². The summed E-state index contributed by atoms with van der Waals surface area (Å²) in [5.41, 5.74) is 0.908. The smallest absolute Gasteiger partial charge is 0.227 e. The van der Waals surface area contributed by atoms with Gasteiger partial charge in [0.2, 0.25) is 5.91 Å². The molecule has 0 unspecified atom stereocenters. The summed E-state index contributed by atoms with van der Waals surface area (Å²) >= 11 is 1.67. The van der Waals surface area contributed by atoms with Crippen molar-refractivity contribution >= 4 is 23.4 Å². The maximum absolute atomic E-state index is 12.1. The van der Waals surface area contributed by atoms with Crippen molar-refractivity contribution in [2.75, 3.05) is 5.32 Å². The molecule has 0 bridgehead atoms. The molecule has 1 N–H and O–H groups in total. The van der Waals surface area contributed by atoms with Crippen LogP contribution in [0.3, 0.4) is 0 Å². The van der Waals surface area contributed by atoms with Gasteiger partial charge in [-0.3, -0.25) is 4.79 Å². The fraction of sp³-hybridized carbons (Fsp3) is 0.235. The standard InChI is InChI=1S/C17H17NOS/c1-12-11-14(12)17(19)18-15-9-5-6-10-16(15)20-13-7-3-2-4-8-13/h2-10,12,14H,11H2,1H3,(H,18,19)/t12-,14+/m1/s1. The minimum atomic E-state index is 0.151. The Balaban J connectivity index is 1.76. The summed E-state index contributed by atoms with van der Waals surface area (Å²) in [6.45, 7) is 2.12. The van der Waals surface area contributed by atoms with Crippen molar-refractivity contribution in [2.24, 2.45) is 11.8 Å². The molecule has 2 atom stereocenters. The summed E-state index contributed by atoms with van der Waals surface area (Å²) in [6.07, 6.45) is 1.01. The van der Waals surface area contributed by atoms with E-state index in [-0.39, 0.29) is 11.8 Å². The number of anilines is 1. The summed E-state index contributed by atoms with van der Waals surface area (Å²) in [6, 6.07) is 18.2. The number of benzene rings is 2. The highest BCUT2D eigenvalue weighted by atomic mass is 32.2. The van der Waals surface area contributed by atoms with Gasteiger partial charge in [0, 0.05) is 15.7 Å². The second-order valence-electron chi connectivity index (χ2n) is 5.22. The molecule has 2 aromatic carbocycles. The highest BCUT2D eigenvalue weighted by Gasteiger charge is 2.39. The Morgan fingerprint density at radius 3 is 2.45 bits per heavy atom. The second-order valence-corrected chi connectivity index (χ2v) is 6.34. The van der Waals surface area contributed by atoms with Crippen molar-refractivity contribution in [1.82, 2.24) is 0 Å². The summed E-state index contributed by atoms with van der Waals surface area (Å²) in [4.78, 5) is 14.3. The zero-order valence-corrected chi connectivity index (χ0v) is 12.2. The summed E-state index contributed by atoms with van der Waals surface area (Å²) in [5, 5.41) is 3.06. The van der Waals surface area contributed by atoms with Crippen LogP contribution in [0.2, 0.25) is 0 Å². The molecule has 1 amide bonds. The molecule has 0 heterocycles. The minimum Gasteiger partial charge on any atom is -0.325 e. The third kappa shape index (κ3) is 3.05. The van der Waals surface area contributed by atoms with E-state index in [2.05, 4.69) is 24.4 Å². The van der Waals surface area contributed by atoms with Gasteiger partial charge < -0.3 is 5.32 Å². The Kier molecular flexibility index (Phi) is 3.79. The van der Waals surface area contributed by atoms with Crippen LogP contribution in [0.5, 0.6) is 0 Å². The predicted molar refractivity (Wildman–Crippen MR) is 82.9 cm³/mol. The molecule has 0 saturated heterocycles. The molecule has 1 aliphatic carbocycles. The van der Waals surface area contributed by atoms with Gasteiger partial charge in [-0.1, -0.05) is 49.0 Å². The zero-order chi connectivity index (χ0) is 13.9. The summed E-state index contributed by atoms with van der Waals surface area (Å²) in [5.74, 6) is 0.882. The molecule has 2 aromatic rings.